The summed E-state index contributed by atoms with van der Waals surface area (Å²) in [7, 11) is 0. The lowest BCUT2D eigenvalue weighted by Crippen LogP contribution is -2.19. The molecule has 0 atom stereocenters. The zero-order valence-electron chi connectivity index (χ0n) is 20.2. The average Bonchev–Trinajstić information content (AvgIpc) is 3.67. The lowest BCUT2D eigenvalue weighted by atomic mass is 9.93. The van der Waals surface area contributed by atoms with Gasteiger partial charge in [-0.15, -0.1) is 0 Å². The Morgan fingerprint density at radius 2 is 1.59 bits per heavy atom. The maximum absolute atomic E-state index is 12.5. The number of anilines is 1. The number of aryl methyl sites for hydroxylation is 1. The number of aliphatic hydroxyl groups is 1. The van der Waals surface area contributed by atoms with E-state index in [0.717, 1.165) is 33.4 Å². The van der Waals surface area contributed by atoms with E-state index in [1.165, 1.54) is 0 Å². The SMILES string of the molecule is Cc1noc(-c2ccc(-c3ccc(C4(C(=O)O)CC4)cc3)cc2)c1NC(=O)OCc1cccc(CO)c1. The molecule has 1 fully saturated rings. The molecule has 8 nitrogen and oxygen atoms in total. The van der Waals surface area contributed by atoms with Crippen molar-refractivity contribution < 1.29 is 29.1 Å². The van der Waals surface area contributed by atoms with Gasteiger partial charge in [-0.05, 0) is 47.6 Å². The van der Waals surface area contributed by atoms with Crippen molar-refractivity contribution in [3.8, 4) is 22.5 Å². The van der Waals surface area contributed by atoms with Crippen molar-refractivity contribution in [2.45, 2.75) is 38.4 Å². The van der Waals surface area contributed by atoms with Crippen LogP contribution in [-0.2, 0) is 28.2 Å². The topological polar surface area (TPSA) is 122 Å². The number of aromatic nitrogens is 1. The number of amides is 1. The monoisotopic (exact) mass is 498 g/mol. The highest BCUT2D eigenvalue weighted by molar-refractivity contribution is 5.91. The fourth-order valence-electron chi connectivity index (χ4n) is 4.37. The predicted molar refractivity (Wildman–Crippen MR) is 137 cm³/mol. The number of ether oxygens (including phenoxy) is 1. The van der Waals surface area contributed by atoms with Gasteiger partial charge >= 0.3 is 12.1 Å². The van der Waals surface area contributed by atoms with Crippen molar-refractivity contribution in [2.75, 3.05) is 5.32 Å². The van der Waals surface area contributed by atoms with Crippen molar-refractivity contribution in [1.29, 1.82) is 0 Å². The molecule has 1 aliphatic carbocycles. The Kier molecular flexibility index (Phi) is 6.50. The number of hydrogen-bond acceptors (Lipinski definition) is 6. The fraction of sp³-hybridized carbons (Fsp3) is 0.207. The zero-order chi connectivity index (χ0) is 26.0. The van der Waals surface area contributed by atoms with Crippen LogP contribution in [0, 0.1) is 6.92 Å². The number of carbonyl (C=O) groups is 2. The molecule has 1 amide bonds. The second kappa shape index (κ2) is 9.91. The molecule has 5 rings (SSSR count). The molecule has 8 heteroatoms. The van der Waals surface area contributed by atoms with Crippen molar-refractivity contribution in [1.82, 2.24) is 5.16 Å². The summed E-state index contributed by atoms with van der Waals surface area (Å²) in [6.07, 6.45) is 0.704. The van der Waals surface area contributed by atoms with Crippen LogP contribution in [0.5, 0.6) is 0 Å². The van der Waals surface area contributed by atoms with E-state index in [9.17, 15) is 19.8 Å². The van der Waals surface area contributed by atoms with Crippen LogP contribution in [0.3, 0.4) is 0 Å². The summed E-state index contributed by atoms with van der Waals surface area (Å²) in [5.74, 6) is -0.355. The van der Waals surface area contributed by atoms with Crippen molar-refractivity contribution in [3.63, 3.8) is 0 Å². The Balaban J connectivity index is 1.27. The standard InChI is InChI=1S/C29H26N2O6/c1-18-25(30-28(35)36-17-20-4-2-3-19(15-20)16-32)26(37-31-18)23-7-5-21(6-8-23)22-9-11-24(12-10-22)29(13-14-29)27(33)34/h2-12,15,32H,13-14,16-17H2,1H3,(H,30,35)(H,33,34). The molecule has 1 saturated carbocycles. The molecule has 0 radical (unpaired) electrons. The maximum atomic E-state index is 12.5. The Hall–Kier alpha value is -4.43. The summed E-state index contributed by atoms with van der Waals surface area (Å²) >= 11 is 0. The molecule has 0 aliphatic heterocycles. The van der Waals surface area contributed by atoms with Crippen LogP contribution in [-0.4, -0.2) is 27.4 Å². The summed E-state index contributed by atoms with van der Waals surface area (Å²) in [6.45, 7) is 1.70. The minimum Gasteiger partial charge on any atom is -0.481 e. The average molecular weight is 499 g/mol. The summed E-state index contributed by atoms with van der Waals surface area (Å²) in [4.78, 5) is 24.0. The van der Waals surface area contributed by atoms with Gasteiger partial charge in [0.25, 0.3) is 0 Å². The van der Waals surface area contributed by atoms with Crippen molar-refractivity contribution >= 4 is 17.7 Å². The molecule has 0 saturated heterocycles. The summed E-state index contributed by atoms with van der Waals surface area (Å²) in [6, 6.07) is 22.4. The van der Waals surface area contributed by atoms with Gasteiger partial charge in [0.05, 0.1) is 12.0 Å². The first-order valence-corrected chi connectivity index (χ1v) is 11.9. The van der Waals surface area contributed by atoms with E-state index in [-0.39, 0.29) is 13.2 Å². The second-order valence-electron chi connectivity index (χ2n) is 9.19. The third kappa shape index (κ3) is 4.96. The molecule has 3 aromatic carbocycles. The summed E-state index contributed by atoms with van der Waals surface area (Å²) in [5, 5.41) is 25.5. The zero-order valence-corrected chi connectivity index (χ0v) is 20.2. The normalized spacial score (nSPS) is 13.7. The largest absolute Gasteiger partial charge is 0.481 e. The maximum Gasteiger partial charge on any atom is 0.412 e. The minimum absolute atomic E-state index is 0.0560. The molecule has 188 valence electrons. The van der Waals surface area contributed by atoms with E-state index in [1.54, 1.807) is 25.1 Å². The number of rotatable bonds is 8. The lowest BCUT2D eigenvalue weighted by Gasteiger charge is -2.11. The molecule has 1 heterocycles. The van der Waals surface area contributed by atoms with Gasteiger partial charge < -0.3 is 19.5 Å². The molecule has 0 bridgehead atoms. The number of aliphatic carboxylic acids is 1. The van der Waals surface area contributed by atoms with Gasteiger partial charge in [0.2, 0.25) is 0 Å². The van der Waals surface area contributed by atoms with Gasteiger partial charge in [-0.1, -0.05) is 78.0 Å². The Morgan fingerprint density at radius 1 is 0.973 bits per heavy atom. The predicted octanol–water partition coefficient (Wildman–Crippen LogP) is 5.67. The summed E-state index contributed by atoms with van der Waals surface area (Å²) < 4.78 is 10.8. The second-order valence-corrected chi connectivity index (χ2v) is 9.19. The van der Waals surface area contributed by atoms with Crippen LogP contribution in [0.15, 0.2) is 77.3 Å². The van der Waals surface area contributed by atoms with E-state index in [2.05, 4.69) is 10.5 Å². The number of aliphatic hydroxyl groups excluding tert-OH is 1. The van der Waals surface area contributed by atoms with Crippen molar-refractivity contribution in [2.24, 2.45) is 0 Å². The van der Waals surface area contributed by atoms with Crippen LogP contribution < -0.4 is 5.32 Å². The van der Waals surface area contributed by atoms with E-state index in [1.807, 2.05) is 54.6 Å². The van der Waals surface area contributed by atoms with E-state index in [0.29, 0.717) is 30.0 Å². The smallest absolute Gasteiger partial charge is 0.412 e. The number of nitrogens with zero attached hydrogens (tertiary/aromatic N) is 1. The van der Waals surface area contributed by atoms with Gasteiger partial charge in [0.1, 0.15) is 18.0 Å². The minimum atomic E-state index is -0.767. The first-order valence-electron chi connectivity index (χ1n) is 11.9. The molecule has 3 N–H and O–H groups in total. The lowest BCUT2D eigenvalue weighted by molar-refractivity contribution is -0.140. The van der Waals surface area contributed by atoms with Gasteiger partial charge in [-0.25, -0.2) is 4.79 Å². The van der Waals surface area contributed by atoms with Crippen LogP contribution in [0.25, 0.3) is 22.5 Å². The number of carboxylic acids is 1. The quantitative estimate of drug-likeness (QED) is 0.286. The highest BCUT2D eigenvalue weighted by Crippen LogP contribution is 2.48. The van der Waals surface area contributed by atoms with Crippen LogP contribution in [0.4, 0.5) is 10.5 Å². The molecule has 0 spiro atoms. The molecule has 0 unspecified atom stereocenters. The Morgan fingerprint density at radius 3 is 2.22 bits per heavy atom. The summed E-state index contributed by atoms with van der Waals surface area (Å²) in [5.41, 5.74) is 5.23. The number of nitrogens with one attached hydrogen (secondary N) is 1. The van der Waals surface area contributed by atoms with Crippen LogP contribution >= 0.6 is 0 Å². The third-order valence-electron chi connectivity index (χ3n) is 6.71. The third-order valence-corrected chi connectivity index (χ3v) is 6.71. The molecule has 1 aliphatic rings. The molecule has 4 aromatic rings. The Labute approximate surface area is 213 Å². The van der Waals surface area contributed by atoms with Gasteiger partial charge in [-0.2, -0.15) is 0 Å². The van der Waals surface area contributed by atoms with Gasteiger partial charge in [0.15, 0.2) is 5.76 Å². The number of hydrogen-bond donors (Lipinski definition) is 3. The molecular formula is C29H26N2O6. The van der Waals surface area contributed by atoms with E-state index in [4.69, 9.17) is 9.26 Å². The van der Waals surface area contributed by atoms with Crippen LogP contribution in [0.1, 0.15) is 35.2 Å². The highest BCUT2D eigenvalue weighted by atomic mass is 16.5. The van der Waals surface area contributed by atoms with Crippen molar-refractivity contribution in [3.05, 3.63) is 95.2 Å². The number of carboxylic acid groups (broad SMARTS) is 1. The molecular weight excluding hydrogens is 472 g/mol. The first-order chi connectivity index (χ1) is 17.9. The fourth-order valence-corrected chi connectivity index (χ4v) is 4.37. The number of benzene rings is 3. The Bertz CT molecular complexity index is 1440. The molecule has 37 heavy (non-hydrogen) atoms. The number of carbonyl (C=O) groups excluding carboxylic acids is 1. The van der Waals surface area contributed by atoms with Crippen LogP contribution in [0.2, 0.25) is 0 Å². The molecule has 1 aromatic heterocycles. The van der Waals surface area contributed by atoms with Gasteiger partial charge in [0, 0.05) is 5.56 Å². The first kappa shape index (κ1) is 24.3. The highest BCUT2D eigenvalue weighted by Gasteiger charge is 2.51. The van der Waals surface area contributed by atoms with E-state index < -0.39 is 17.5 Å². The van der Waals surface area contributed by atoms with Gasteiger partial charge in [-0.3, -0.25) is 10.1 Å². The van der Waals surface area contributed by atoms with E-state index >= 15 is 0 Å².